The molecule has 0 atom stereocenters. The van der Waals surface area contributed by atoms with Crippen LogP contribution < -0.4 is 9.64 Å². The van der Waals surface area contributed by atoms with Crippen molar-refractivity contribution in [1.29, 1.82) is 0 Å². The van der Waals surface area contributed by atoms with Gasteiger partial charge in [0.05, 0.1) is 6.54 Å². The van der Waals surface area contributed by atoms with Gasteiger partial charge >= 0.3 is 5.97 Å². The predicted octanol–water partition coefficient (Wildman–Crippen LogP) is 6.04. The first-order valence-corrected chi connectivity index (χ1v) is 10.7. The Labute approximate surface area is 197 Å². The van der Waals surface area contributed by atoms with Gasteiger partial charge in [-0.25, -0.2) is 4.79 Å². The third-order valence-electron chi connectivity index (χ3n) is 5.31. The molecule has 0 radical (unpaired) electrons. The molecule has 0 heterocycles. The monoisotopic (exact) mass is 453 g/mol. The molecule has 0 unspecified atom stereocenters. The zero-order chi connectivity index (χ0) is 24.1. The molecule has 6 nitrogen and oxygen atoms in total. The molecule has 0 aliphatic rings. The van der Waals surface area contributed by atoms with Crippen molar-refractivity contribution >= 4 is 17.6 Å². The molecule has 34 heavy (non-hydrogen) atoms. The molecular formula is C28H23NO5. The van der Waals surface area contributed by atoms with Crippen LogP contribution in [0.5, 0.6) is 17.2 Å². The number of aromatic carboxylic acids is 1. The first kappa shape index (κ1) is 22.6. The SMILES string of the molecule is Cc1ccc(CN(C(=O)c2ccc(Oc3ccccc3)cc2)c2ccc(O)c(C(=O)O)c2)cc1. The Morgan fingerprint density at radius 2 is 1.47 bits per heavy atom. The molecule has 4 aromatic carbocycles. The lowest BCUT2D eigenvalue weighted by Crippen LogP contribution is -2.30. The highest BCUT2D eigenvalue weighted by Crippen LogP contribution is 2.28. The van der Waals surface area contributed by atoms with Crippen molar-refractivity contribution in [1.82, 2.24) is 0 Å². The summed E-state index contributed by atoms with van der Waals surface area (Å²) in [5.41, 5.74) is 2.48. The number of rotatable bonds is 7. The number of ether oxygens (including phenoxy) is 1. The van der Waals surface area contributed by atoms with E-state index in [0.717, 1.165) is 11.1 Å². The number of aromatic hydroxyl groups is 1. The maximum Gasteiger partial charge on any atom is 0.339 e. The fraction of sp³-hybridized carbons (Fsp3) is 0.0714. The van der Waals surface area contributed by atoms with Crippen molar-refractivity contribution < 1.29 is 24.5 Å². The lowest BCUT2D eigenvalue weighted by Gasteiger charge is -2.24. The Kier molecular flexibility index (Phi) is 6.59. The normalized spacial score (nSPS) is 10.5. The molecule has 1 amide bonds. The van der Waals surface area contributed by atoms with E-state index in [1.165, 1.54) is 23.1 Å². The summed E-state index contributed by atoms with van der Waals surface area (Å²) in [5.74, 6) is -0.668. The first-order valence-electron chi connectivity index (χ1n) is 10.7. The number of amides is 1. The number of anilines is 1. The quantitative estimate of drug-likeness (QED) is 0.356. The van der Waals surface area contributed by atoms with Crippen molar-refractivity contribution in [3.8, 4) is 17.2 Å². The minimum atomic E-state index is -1.27. The van der Waals surface area contributed by atoms with Gasteiger partial charge in [-0.2, -0.15) is 0 Å². The summed E-state index contributed by atoms with van der Waals surface area (Å²) in [7, 11) is 0. The molecule has 170 valence electrons. The molecule has 0 spiro atoms. The van der Waals surface area contributed by atoms with Gasteiger partial charge in [-0.05, 0) is 67.1 Å². The van der Waals surface area contributed by atoms with Gasteiger partial charge in [0.2, 0.25) is 0 Å². The highest BCUT2D eigenvalue weighted by Gasteiger charge is 2.21. The largest absolute Gasteiger partial charge is 0.507 e. The van der Waals surface area contributed by atoms with Gasteiger partial charge in [0, 0.05) is 11.3 Å². The number of benzene rings is 4. The third kappa shape index (κ3) is 5.24. The molecule has 0 aliphatic carbocycles. The summed E-state index contributed by atoms with van der Waals surface area (Å²) in [4.78, 5) is 26.6. The van der Waals surface area contributed by atoms with Gasteiger partial charge in [-0.15, -0.1) is 0 Å². The molecule has 0 saturated heterocycles. The molecule has 2 N–H and O–H groups in total. The van der Waals surface area contributed by atoms with Crippen LogP contribution in [0.4, 0.5) is 5.69 Å². The van der Waals surface area contributed by atoms with E-state index < -0.39 is 5.97 Å². The fourth-order valence-corrected chi connectivity index (χ4v) is 3.47. The Balaban J connectivity index is 1.65. The van der Waals surface area contributed by atoms with Gasteiger partial charge in [0.25, 0.3) is 5.91 Å². The van der Waals surface area contributed by atoms with Crippen LogP contribution >= 0.6 is 0 Å². The molecule has 0 aromatic heterocycles. The maximum atomic E-state index is 13.5. The standard InChI is InChI=1S/C28H23NO5/c1-19-7-9-20(10-8-19)18-29(22-13-16-26(30)25(17-22)28(32)33)27(31)21-11-14-24(15-12-21)34-23-5-3-2-4-6-23/h2-17,30H,18H2,1H3,(H,32,33). The summed E-state index contributed by atoms with van der Waals surface area (Å²) in [6, 6.07) is 27.9. The summed E-state index contributed by atoms with van der Waals surface area (Å²) in [5, 5.41) is 19.3. The van der Waals surface area contributed by atoms with Crippen LogP contribution in [-0.2, 0) is 6.54 Å². The zero-order valence-electron chi connectivity index (χ0n) is 18.5. The Morgan fingerprint density at radius 3 is 2.12 bits per heavy atom. The number of aryl methyl sites for hydroxylation is 1. The van der Waals surface area contributed by atoms with E-state index in [2.05, 4.69) is 0 Å². The van der Waals surface area contributed by atoms with Crippen molar-refractivity contribution in [3.63, 3.8) is 0 Å². The number of carboxylic acids is 1. The van der Waals surface area contributed by atoms with Crippen LogP contribution in [0.25, 0.3) is 0 Å². The van der Waals surface area contributed by atoms with E-state index in [1.54, 1.807) is 24.3 Å². The molecule has 6 heteroatoms. The molecule has 4 aromatic rings. The fourth-order valence-electron chi connectivity index (χ4n) is 3.47. The van der Waals surface area contributed by atoms with Crippen LogP contribution in [0.3, 0.4) is 0 Å². The number of nitrogens with zero attached hydrogens (tertiary/aromatic N) is 1. The molecule has 4 rings (SSSR count). The summed E-state index contributed by atoms with van der Waals surface area (Å²) >= 11 is 0. The predicted molar refractivity (Wildman–Crippen MR) is 130 cm³/mol. The second kappa shape index (κ2) is 9.92. The van der Waals surface area contributed by atoms with E-state index in [-0.39, 0.29) is 23.8 Å². The average molecular weight is 453 g/mol. The maximum absolute atomic E-state index is 13.5. The summed E-state index contributed by atoms with van der Waals surface area (Å²) in [6.07, 6.45) is 0. The van der Waals surface area contributed by atoms with Crippen LogP contribution in [0.1, 0.15) is 31.8 Å². The number of carboxylic acid groups (broad SMARTS) is 1. The topological polar surface area (TPSA) is 87.1 Å². The van der Waals surface area contributed by atoms with Gasteiger partial charge in [0.1, 0.15) is 22.8 Å². The number of hydrogen-bond acceptors (Lipinski definition) is 4. The number of phenols is 1. The second-order valence-corrected chi connectivity index (χ2v) is 7.82. The Hall–Kier alpha value is -4.58. The third-order valence-corrected chi connectivity index (χ3v) is 5.31. The number of hydrogen-bond donors (Lipinski definition) is 2. The Morgan fingerprint density at radius 1 is 0.824 bits per heavy atom. The second-order valence-electron chi connectivity index (χ2n) is 7.82. The highest BCUT2D eigenvalue weighted by atomic mass is 16.5. The van der Waals surface area contributed by atoms with Crippen LogP contribution in [-0.4, -0.2) is 22.1 Å². The minimum absolute atomic E-state index is 0.227. The summed E-state index contributed by atoms with van der Waals surface area (Å²) in [6.45, 7) is 2.20. The zero-order valence-corrected chi connectivity index (χ0v) is 18.5. The van der Waals surface area contributed by atoms with Crippen molar-refractivity contribution in [2.45, 2.75) is 13.5 Å². The smallest absolute Gasteiger partial charge is 0.339 e. The Bertz CT molecular complexity index is 1300. The lowest BCUT2D eigenvalue weighted by molar-refractivity contribution is 0.0693. The average Bonchev–Trinajstić information content (AvgIpc) is 2.85. The van der Waals surface area contributed by atoms with Crippen LogP contribution in [0.2, 0.25) is 0 Å². The van der Waals surface area contributed by atoms with Crippen LogP contribution in [0, 0.1) is 6.92 Å². The number of carbonyl (C=O) groups excluding carboxylic acids is 1. The van der Waals surface area contributed by atoms with Gasteiger partial charge in [-0.3, -0.25) is 4.79 Å². The molecule has 0 bridgehead atoms. The van der Waals surface area contributed by atoms with Gasteiger partial charge in [-0.1, -0.05) is 48.0 Å². The van der Waals surface area contributed by atoms with E-state index in [0.29, 0.717) is 22.7 Å². The molecule has 0 saturated carbocycles. The van der Waals surface area contributed by atoms with E-state index in [1.807, 2.05) is 61.5 Å². The van der Waals surface area contributed by atoms with Gasteiger partial charge in [0.15, 0.2) is 0 Å². The van der Waals surface area contributed by atoms with Crippen molar-refractivity contribution in [3.05, 3.63) is 119 Å². The molecular weight excluding hydrogens is 430 g/mol. The summed E-state index contributed by atoms with van der Waals surface area (Å²) < 4.78 is 5.80. The first-order chi connectivity index (χ1) is 16.4. The lowest BCUT2D eigenvalue weighted by atomic mass is 10.1. The van der Waals surface area contributed by atoms with Crippen LogP contribution in [0.15, 0.2) is 97.1 Å². The highest BCUT2D eigenvalue weighted by molar-refractivity contribution is 6.06. The van der Waals surface area contributed by atoms with E-state index in [9.17, 15) is 19.8 Å². The minimum Gasteiger partial charge on any atom is -0.507 e. The van der Waals surface area contributed by atoms with E-state index >= 15 is 0 Å². The number of para-hydroxylation sites is 1. The van der Waals surface area contributed by atoms with E-state index in [4.69, 9.17) is 4.74 Å². The van der Waals surface area contributed by atoms with Gasteiger partial charge < -0.3 is 19.8 Å². The molecule has 0 aliphatic heterocycles. The molecule has 0 fully saturated rings. The van der Waals surface area contributed by atoms with Crippen molar-refractivity contribution in [2.75, 3.05) is 4.90 Å². The van der Waals surface area contributed by atoms with Crippen molar-refractivity contribution in [2.24, 2.45) is 0 Å². The number of carbonyl (C=O) groups is 2.